The molecule has 0 saturated heterocycles. The summed E-state index contributed by atoms with van der Waals surface area (Å²) < 4.78 is 1.96. The first-order chi connectivity index (χ1) is 13.0. The topological polar surface area (TPSA) is 78.7 Å². The molecule has 8 heteroatoms. The number of nitrogens with zero attached hydrogens (tertiary/aromatic N) is 3. The van der Waals surface area contributed by atoms with Crippen LogP contribution in [-0.4, -0.2) is 33.3 Å². The van der Waals surface area contributed by atoms with E-state index in [2.05, 4.69) is 15.6 Å². The summed E-state index contributed by atoms with van der Waals surface area (Å²) in [5.41, 5.74) is 2.88. The molecule has 0 saturated carbocycles. The third kappa shape index (κ3) is 3.19. The van der Waals surface area contributed by atoms with Crippen LogP contribution < -0.4 is 10.6 Å². The molecule has 1 aliphatic rings. The Hall–Kier alpha value is -3.13. The van der Waals surface area contributed by atoms with Crippen LogP contribution in [0.1, 0.15) is 23.5 Å². The molecule has 0 unspecified atom stereocenters. The van der Waals surface area contributed by atoms with E-state index in [-0.39, 0.29) is 11.9 Å². The van der Waals surface area contributed by atoms with Gasteiger partial charge in [-0.1, -0.05) is 12.1 Å². The maximum absolute atomic E-state index is 13.2. The molecule has 4 heterocycles. The number of urea groups is 1. The maximum Gasteiger partial charge on any atom is 0.319 e. The second-order valence-electron chi connectivity index (χ2n) is 6.43. The number of imidazole rings is 1. The molecule has 7 nitrogen and oxygen atoms in total. The number of amides is 3. The summed E-state index contributed by atoms with van der Waals surface area (Å²) in [6, 6.07) is 8.87. The molecule has 1 aliphatic heterocycles. The standard InChI is InChI=1S/C19H19N5O2S/c1-12-16(17(22-19(26)21-12)14-6-5-9-27-14)18(25)23(2)11-13-10-20-15-7-3-4-8-24(13)15/h3-10,17H,11H2,1-2H3,(H2,21,22,26)/t17-/m0/s1. The number of carbonyl (C=O) groups excluding carboxylic acids is 2. The van der Waals surface area contributed by atoms with Crippen LogP contribution in [0.2, 0.25) is 0 Å². The van der Waals surface area contributed by atoms with Gasteiger partial charge in [0.2, 0.25) is 0 Å². The molecule has 138 valence electrons. The van der Waals surface area contributed by atoms with Gasteiger partial charge in [-0.25, -0.2) is 9.78 Å². The lowest BCUT2D eigenvalue weighted by atomic mass is 10.00. The molecule has 0 fully saturated rings. The number of hydrogen-bond donors (Lipinski definition) is 2. The van der Waals surface area contributed by atoms with Crippen molar-refractivity contribution in [3.8, 4) is 0 Å². The summed E-state index contributed by atoms with van der Waals surface area (Å²) in [6.07, 6.45) is 3.70. The van der Waals surface area contributed by atoms with Gasteiger partial charge in [0.1, 0.15) is 5.65 Å². The highest BCUT2D eigenvalue weighted by atomic mass is 32.1. The van der Waals surface area contributed by atoms with Gasteiger partial charge < -0.3 is 19.9 Å². The van der Waals surface area contributed by atoms with Crippen molar-refractivity contribution < 1.29 is 9.59 Å². The van der Waals surface area contributed by atoms with Crippen molar-refractivity contribution in [1.82, 2.24) is 24.9 Å². The maximum atomic E-state index is 13.2. The van der Waals surface area contributed by atoms with Gasteiger partial charge in [-0.3, -0.25) is 4.79 Å². The first kappa shape index (κ1) is 17.3. The molecule has 0 radical (unpaired) electrons. The predicted octanol–water partition coefficient (Wildman–Crippen LogP) is 2.68. The van der Waals surface area contributed by atoms with Crippen LogP contribution in [0.4, 0.5) is 4.79 Å². The summed E-state index contributed by atoms with van der Waals surface area (Å²) in [6.45, 7) is 2.17. The van der Waals surface area contributed by atoms with Crippen molar-refractivity contribution in [1.29, 1.82) is 0 Å². The number of likely N-dealkylation sites (N-methyl/N-ethyl adjacent to an activating group) is 1. The van der Waals surface area contributed by atoms with Gasteiger partial charge in [0.25, 0.3) is 5.91 Å². The minimum atomic E-state index is -0.448. The fraction of sp³-hybridized carbons (Fsp3) is 0.211. The van der Waals surface area contributed by atoms with E-state index in [1.54, 1.807) is 25.1 Å². The third-order valence-electron chi connectivity index (χ3n) is 4.57. The van der Waals surface area contributed by atoms with E-state index in [9.17, 15) is 9.59 Å². The summed E-state index contributed by atoms with van der Waals surface area (Å²) in [7, 11) is 1.76. The van der Waals surface area contributed by atoms with Gasteiger partial charge >= 0.3 is 6.03 Å². The number of rotatable bonds is 4. The number of thiophene rings is 1. The van der Waals surface area contributed by atoms with E-state index in [0.717, 1.165) is 16.2 Å². The highest BCUT2D eigenvalue weighted by Crippen LogP contribution is 2.31. The molecule has 3 amide bonds. The van der Waals surface area contributed by atoms with Crippen molar-refractivity contribution in [2.75, 3.05) is 7.05 Å². The molecule has 1 atom stereocenters. The minimum Gasteiger partial charge on any atom is -0.336 e. The Labute approximate surface area is 160 Å². The zero-order chi connectivity index (χ0) is 19.0. The van der Waals surface area contributed by atoms with E-state index >= 15 is 0 Å². The van der Waals surface area contributed by atoms with Crippen LogP contribution in [0, 0.1) is 0 Å². The molecule has 0 spiro atoms. The normalized spacial score (nSPS) is 17.0. The number of hydrogen-bond acceptors (Lipinski definition) is 4. The molecule has 0 aromatic carbocycles. The lowest BCUT2D eigenvalue weighted by Gasteiger charge is -2.30. The highest BCUT2D eigenvalue weighted by Gasteiger charge is 2.33. The smallest absolute Gasteiger partial charge is 0.319 e. The largest absolute Gasteiger partial charge is 0.336 e. The average Bonchev–Trinajstić information content (AvgIpc) is 3.31. The van der Waals surface area contributed by atoms with Crippen LogP contribution in [-0.2, 0) is 11.3 Å². The van der Waals surface area contributed by atoms with Gasteiger partial charge in [-0.05, 0) is 30.5 Å². The Morgan fingerprint density at radius 1 is 1.33 bits per heavy atom. The molecule has 3 aromatic heterocycles. The molecule has 4 rings (SSSR count). The van der Waals surface area contributed by atoms with Crippen molar-refractivity contribution in [3.05, 3.63) is 69.9 Å². The lowest BCUT2D eigenvalue weighted by Crippen LogP contribution is -2.47. The SMILES string of the molecule is CC1=C(C(=O)N(C)Cc2cnc3ccccn23)[C@H](c2cccs2)NC(=O)N1. The Morgan fingerprint density at radius 2 is 2.19 bits per heavy atom. The second kappa shape index (κ2) is 6.88. The summed E-state index contributed by atoms with van der Waals surface area (Å²) >= 11 is 1.51. The van der Waals surface area contributed by atoms with Crippen molar-refractivity contribution in [3.63, 3.8) is 0 Å². The fourth-order valence-corrected chi connectivity index (χ4v) is 4.05. The van der Waals surface area contributed by atoms with Gasteiger partial charge in [-0.15, -0.1) is 11.3 Å². The Bertz CT molecular complexity index is 1040. The van der Waals surface area contributed by atoms with Crippen LogP contribution in [0.3, 0.4) is 0 Å². The van der Waals surface area contributed by atoms with Crippen molar-refractivity contribution in [2.24, 2.45) is 0 Å². The van der Waals surface area contributed by atoms with E-state index in [4.69, 9.17) is 0 Å². The number of aromatic nitrogens is 2. The monoisotopic (exact) mass is 381 g/mol. The number of nitrogens with one attached hydrogen (secondary N) is 2. The van der Waals surface area contributed by atoms with Crippen LogP contribution >= 0.6 is 11.3 Å². The number of pyridine rings is 1. The average molecular weight is 381 g/mol. The molecule has 0 bridgehead atoms. The van der Waals surface area contributed by atoms with E-state index in [1.807, 2.05) is 46.3 Å². The molecular formula is C19H19N5O2S. The quantitative estimate of drug-likeness (QED) is 0.729. The summed E-state index contributed by atoms with van der Waals surface area (Å²) in [5, 5.41) is 7.51. The first-order valence-corrected chi connectivity index (χ1v) is 9.40. The summed E-state index contributed by atoms with van der Waals surface area (Å²) in [5.74, 6) is -0.135. The minimum absolute atomic E-state index is 0.135. The molecule has 3 aromatic rings. The molecule has 27 heavy (non-hydrogen) atoms. The molecule has 0 aliphatic carbocycles. The first-order valence-electron chi connectivity index (χ1n) is 8.52. The van der Waals surface area contributed by atoms with E-state index < -0.39 is 6.04 Å². The van der Waals surface area contributed by atoms with E-state index in [1.165, 1.54) is 11.3 Å². The number of allylic oxidation sites excluding steroid dienone is 1. The van der Waals surface area contributed by atoms with E-state index in [0.29, 0.717) is 17.8 Å². The predicted molar refractivity (Wildman–Crippen MR) is 103 cm³/mol. The summed E-state index contributed by atoms with van der Waals surface area (Å²) in [4.78, 5) is 32.1. The van der Waals surface area contributed by atoms with Gasteiger partial charge in [0, 0.05) is 23.8 Å². The zero-order valence-electron chi connectivity index (χ0n) is 15.0. The zero-order valence-corrected chi connectivity index (χ0v) is 15.8. The lowest BCUT2D eigenvalue weighted by molar-refractivity contribution is -0.126. The van der Waals surface area contributed by atoms with Gasteiger partial charge in [-0.2, -0.15) is 0 Å². The fourth-order valence-electron chi connectivity index (χ4n) is 3.27. The van der Waals surface area contributed by atoms with Crippen molar-refractivity contribution in [2.45, 2.75) is 19.5 Å². The molecular weight excluding hydrogens is 362 g/mol. The molecule has 2 N–H and O–H groups in total. The highest BCUT2D eigenvalue weighted by molar-refractivity contribution is 7.10. The van der Waals surface area contributed by atoms with Crippen LogP contribution in [0.25, 0.3) is 5.65 Å². The number of carbonyl (C=O) groups is 2. The van der Waals surface area contributed by atoms with Gasteiger partial charge in [0.15, 0.2) is 0 Å². The number of fused-ring (bicyclic) bond motifs is 1. The van der Waals surface area contributed by atoms with Gasteiger partial charge in [0.05, 0.1) is 30.1 Å². The third-order valence-corrected chi connectivity index (χ3v) is 5.50. The van der Waals surface area contributed by atoms with Crippen molar-refractivity contribution >= 4 is 28.9 Å². The Kier molecular flexibility index (Phi) is 4.41. The van der Waals surface area contributed by atoms with Crippen LogP contribution in [0.15, 0.2) is 59.4 Å². The second-order valence-corrected chi connectivity index (χ2v) is 7.40. The Morgan fingerprint density at radius 3 is 2.96 bits per heavy atom. The Balaban J connectivity index is 1.63. The van der Waals surface area contributed by atoms with Crippen LogP contribution in [0.5, 0.6) is 0 Å².